The minimum absolute atomic E-state index is 0.167. The average molecular weight is 363 g/mol. The Kier molecular flexibility index (Phi) is 3.84. The van der Waals surface area contributed by atoms with Crippen LogP contribution in [-0.2, 0) is 14.1 Å². The number of para-hydroxylation sites is 1. The number of halogens is 1. The lowest BCUT2D eigenvalue weighted by molar-refractivity contribution is 0.102. The molecule has 0 saturated carbocycles. The van der Waals surface area contributed by atoms with Gasteiger partial charge in [-0.3, -0.25) is 9.59 Å². The van der Waals surface area contributed by atoms with E-state index in [9.17, 15) is 14.0 Å². The molecule has 0 aliphatic carbocycles. The Labute approximate surface area is 154 Å². The summed E-state index contributed by atoms with van der Waals surface area (Å²) in [5.41, 5.74) is 2.54. The molecule has 0 aliphatic heterocycles. The van der Waals surface area contributed by atoms with Crippen LogP contribution in [0.3, 0.4) is 0 Å². The zero-order valence-corrected chi connectivity index (χ0v) is 15.2. The number of aryl methyl sites for hydroxylation is 3. The van der Waals surface area contributed by atoms with E-state index in [-0.39, 0.29) is 11.4 Å². The van der Waals surface area contributed by atoms with Crippen molar-refractivity contribution < 1.29 is 9.18 Å². The van der Waals surface area contributed by atoms with Gasteiger partial charge in [0.25, 0.3) is 11.5 Å². The van der Waals surface area contributed by atoms with Crippen molar-refractivity contribution in [3.05, 3.63) is 76.0 Å². The number of amides is 1. The summed E-state index contributed by atoms with van der Waals surface area (Å²) < 4.78 is 17.0. The monoisotopic (exact) mass is 363 g/mol. The Hall–Kier alpha value is -3.41. The van der Waals surface area contributed by atoms with Crippen molar-refractivity contribution in [3.63, 3.8) is 0 Å². The summed E-state index contributed by atoms with van der Waals surface area (Å²) in [6, 6.07) is 13.7. The lowest BCUT2D eigenvalue weighted by Crippen LogP contribution is -2.17. The number of carbonyl (C=O) groups excluding carboxylic acids is 1. The number of aromatic nitrogens is 2. The number of hydrogen-bond donors (Lipinski definition) is 1. The van der Waals surface area contributed by atoms with Crippen molar-refractivity contribution in [3.8, 4) is 0 Å². The van der Waals surface area contributed by atoms with Gasteiger partial charge in [-0.05, 0) is 36.8 Å². The Balaban J connectivity index is 1.87. The van der Waals surface area contributed by atoms with Crippen molar-refractivity contribution in [1.29, 1.82) is 0 Å². The molecule has 0 aliphatic rings. The Morgan fingerprint density at radius 2 is 1.74 bits per heavy atom. The summed E-state index contributed by atoms with van der Waals surface area (Å²) >= 11 is 0. The predicted molar refractivity (Wildman–Crippen MR) is 105 cm³/mol. The van der Waals surface area contributed by atoms with E-state index in [1.807, 2.05) is 24.3 Å². The first-order valence-corrected chi connectivity index (χ1v) is 8.53. The number of pyridine rings is 1. The second-order valence-corrected chi connectivity index (χ2v) is 6.65. The standard InChI is InChI=1S/C21H18FN3O2/c1-12-8-9-13(10-16(12)22)23-20(26)18-11-15-19(24(18)2)14-6-4-5-7-17(14)25(3)21(15)27/h4-11H,1-3H3,(H,23,26). The number of nitrogens with one attached hydrogen (secondary N) is 1. The van der Waals surface area contributed by atoms with Crippen molar-refractivity contribution in [2.24, 2.45) is 14.1 Å². The molecule has 6 heteroatoms. The molecule has 5 nitrogen and oxygen atoms in total. The fraction of sp³-hybridized carbons (Fsp3) is 0.143. The first kappa shape index (κ1) is 17.0. The highest BCUT2D eigenvalue weighted by Crippen LogP contribution is 2.25. The maximum absolute atomic E-state index is 13.8. The second kappa shape index (κ2) is 6.09. The van der Waals surface area contributed by atoms with E-state index in [1.165, 1.54) is 6.07 Å². The van der Waals surface area contributed by atoms with E-state index < -0.39 is 5.91 Å². The lowest BCUT2D eigenvalue weighted by atomic mass is 10.1. The van der Waals surface area contributed by atoms with Gasteiger partial charge in [-0.25, -0.2) is 4.39 Å². The zero-order chi connectivity index (χ0) is 19.3. The molecule has 0 bridgehead atoms. The summed E-state index contributed by atoms with van der Waals surface area (Å²) in [6.45, 7) is 1.66. The largest absolute Gasteiger partial charge is 0.339 e. The van der Waals surface area contributed by atoms with Crippen LogP contribution in [0, 0.1) is 12.7 Å². The highest BCUT2D eigenvalue weighted by molar-refractivity contribution is 6.11. The smallest absolute Gasteiger partial charge is 0.272 e. The third kappa shape index (κ3) is 2.61. The van der Waals surface area contributed by atoms with Gasteiger partial charge in [0.15, 0.2) is 0 Å². The molecule has 0 atom stereocenters. The molecule has 1 amide bonds. The van der Waals surface area contributed by atoms with Crippen LogP contribution in [-0.4, -0.2) is 15.0 Å². The molecule has 0 saturated heterocycles. The quantitative estimate of drug-likeness (QED) is 0.590. The maximum atomic E-state index is 13.8. The van der Waals surface area contributed by atoms with E-state index in [2.05, 4.69) is 5.32 Å². The third-order valence-corrected chi connectivity index (χ3v) is 4.95. The first-order chi connectivity index (χ1) is 12.9. The average Bonchev–Trinajstić information content (AvgIpc) is 3.00. The van der Waals surface area contributed by atoms with Gasteiger partial charge in [0.05, 0.1) is 16.4 Å². The van der Waals surface area contributed by atoms with Gasteiger partial charge in [-0.1, -0.05) is 24.3 Å². The summed E-state index contributed by atoms with van der Waals surface area (Å²) in [6.07, 6.45) is 0. The van der Waals surface area contributed by atoms with Crippen LogP contribution < -0.4 is 10.9 Å². The fourth-order valence-electron chi connectivity index (χ4n) is 3.43. The van der Waals surface area contributed by atoms with Crippen LogP contribution in [0.4, 0.5) is 10.1 Å². The number of nitrogens with zero attached hydrogens (tertiary/aromatic N) is 2. The number of hydrogen-bond acceptors (Lipinski definition) is 2. The van der Waals surface area contributed by atoms with E-state index in [0.29, 0.717) is 27.8 Å². The summed E-state index contributed by atoms with van der Waals surface area (Å²) in [5.74, 6) is -0.784. The van der Waals surface area contributed by atoms with Gasteiger partial charge in [0.1, 0.15) is 11.5 Å². The van der Waals surface area contributed by atoms with Crippen LogP contribution in [0.2, 0.25) is 0 Å². The van der Waals surface area contributed by atoms with Crippen molar-refractivity contribution >= 4 is 33.4 Å². The van der Waals surface area contributed by atoms with E-state index in [0.717, 1.165) is 10.9 Å². The van der Waals surface area contributed by atoms with E-state index in [1.54, 1.807) is 48.4 Å². The number of carbonyl (C=O) groups is 1. The van der Waals surface area contributed by atoms with Crippen LogP contribution in [0.25, 0.3) is 21.8 Å². The normalized spacial score (nSPS) is 11.3. The summed E-state index contributed by atoms with van der Waals surface area (Å²) in [5, 5.41) is 4.06. The SMILES string of the molecule is Cc1ccc(NC(=O)c2cc3c(=O)n(C)c4ccccc4c3n2C)cc1F. The number of fused-ring (bicyclic) bond motifs is 3. The zero-order valence-electron chi connectivity index (χ0n) is 15.2. The molecule has 2 aromatic carbocycles. The van der Waals surface area contributed by atoms with Gasteiger partial charge in [0, 0.05) is 25.2 Å². The minimum Gasteiger partial charge on any atom is -0.339 e. The summed E-state index contributed by atoms with van der Waals surface area (Å²) in [7, 11) is 3.46. The number of anilines is 1. The van der Waals surface area contributed by atoms with Gasteiger partial charge in [-0.2, -0.15) is 0 Å². The maximum Gasteiger partial charge on any atom is 0.272 e. The van der Waals surface area contributed by atoms with Crippen molar-refractivity contribution in [1.82, 2.24) is 9.13 Å². The Morgan fingerprint density at radius 1 is 1.00 bits per heavy atom. The number of benzene rings is 2. The fourth-order valence-corrected chi connectivity index (χ4v) is 3.43. The van der Waals surface area contributed by atoms with Crippen molar-refractivity contribution in [2.45, 2.75) is 6.92 Å². The molecule has 0 radical (unpaired) electrons. The van der Waals surface area contributed by atoms with Gasteiger partial charge < -0.3 is 14.5 Å². The second-order valence-electron chi connectivity index (χ2n) is 6.65. The molecule has 136 valence electrons. The Morgan fingerprint density at radius 3 is 2.48 bits per heavy atom. The molecule has 0 spiro atoms. The molecule has 0 fully saturated rings. The van der Waals surface area contributed by atoms with Crippen LogP contribution >= 0.6 is 0 Å². The predicted octanol–water partition coefficient (Wildman–Crippen LogP) is 3.73. The molecule has 1 N–H and O–H groups in total. The molecule has 27 heavy (non-hydrogen) atoms. The van der Waals surface area contributed by atoms with Gasteiger partial charge in [0.2, 0.25) is 0 Å². The molecule has 2 heterocycles. The molecule has 4 aromatic rings. The van der Waals surface area contributed by atoms with Gasteiger partial charge in [-0.15, -0.1) is 0 Å². The minimum atomic E-state index is -0.400. The lowest BCUT2D eigenvalue weighted by Gasteiger charge is -2.09. The van der Waals surface area contributed by atoms with Crippen LogP contribution in [0.5, 0.6) is 0 Å². The number of rotatable bonds is 2. The molecule has 0 unspecified atom stereocenters. The van der Waals surface area contributed by atoms with E-state index >= 15 is 0 Å². The first-order valence-electron chi connectivity index (χ1n) is 8.53. The highest BCUT2D eigenvalue weighted by Gasteiger charge is 2.19. The van der Waals surface area contributed by atoms with Crippen LogP contribution in [0.1, 0.15) is 16.1 Å². The van der Waals surface area contributed by atoms with Gasteiger partial charge >= 0.3 is 0 Å². The third-order valence-electron chi connectivity index (χ3n) is 4.95. The molecular formula is C21H18FN3O2. The topological polar surface area (TPSA) is 56.0 Å². The molecule has 2 aromatic heterocycles. The van der Waals surface area contributed by atoms with E-state index in [4.69, 9.17) is 0 Å². The highest BCUT2D eigenvalue weighted by atomic mass is 19.1. The Bertz CT molecular complexity index is 1280. The van der Waals surface area contributed by atoms with Crippen molar-refractivity contribution in [2.75, 3.05) is 5.32 Å². The molecular weight excluding hydrogens is 345 g/mol. The van der Waals surface area contributed by atoms with Crippen LogP contribution in [0.15, 0.2) is 53.3 Å². The summed E-state index contributed by atoms with van der Waals surface area (Å²) in [4.78, 5) is 25.5. The molecule has 4 rings (SSSR count).